The summed E-state index contributed by atoms with van der Waals surface area (Å²) in [6.45, 7) is 1.98. The highest BCUT2D eigenvalue weighted by Crippen LogP contribution is 2.32. The highest BCUT2D eigenvalue weighted by atomic mass is 127. The zero-order chi connectivity index (χ0) is 18.1. The third-order valence-corrected chi connectivity index (χ3v) is 6.20. The predicted molar refractivity (Wildman–Crippen MR) is 96.9 cm³/mol. The molecule has 0 spiro atoms. The van der Waals surface area contributed by atoms with Gasteiger partial charge in [0.05, 0.1) is 12.6 Å². The molecule has 0 saturated carbocycles. The highest BCUT2D eigenvalue weighted by Gasteiger charge is 2.46. The molecule has 1 aliphatic rings. The summed E-state index contributed by atoms with van der Waals surface area (Å²) in [6.07, 6.45) is 2.65. The number of nitrogen functional groups attached to an aromatic ring is 1. The Balaban J connectivity index is 0.00000243. The van der Waals surface area contributed by atoms with Crippen LogP contribution in [0.5, 0.6) is 0 Å². The van der Waals surface area contributed by atoms with Crippen molar-refractivity contribution in [2.75, 3.05) is 23.5 Å². The van der Waals surface area contributed by atoms with Gasteiger partial charge in [-0.3, -0.25) is 4.57 Å². The van der Waals surface area contributed by atoms with E-state index >= 15 is 0 Å². The number of nitrogens with zero attached hydrogens (tertiary/aromatic N) is 4. The third-order valence-electron chi connectivity index (χ3n) is 4.37. The summed E-state index contributed by atoms with van der Waals surface area (Å²) >= 11 is 0. The molecule has 2 aromatic rings. The minimum atomic E-state index is -1.07. The van der Waals surface area contributed by atoms with E-state index in [9.17, 15) is 10.2 Å². The van der Waals surface area contributed by atoms with Gasteiger partial charge in [0.2, 0.25) is 0 Å². The molecule has 1 saturated heterocycles. The standard InChI is InChI=1S/C15H25N6O3S.HI/c1-8(16)3-4-25(2)5-9-11(22)12(23)15(24-9)21-7-20-10-13(17)18-6-19-14(10)21;/h6-9,11-12,15,22-23H,3-5,16H2,1-2H3,(H2,17,18,19);1H/q+1;/p-1/t8?,9-,11-,12-,15-,25?;/m1./s1. The fraction of sp³-hybridized carbons (Fsp3) is 0.667. The van der Waals surface area contributed by atoms with Crippen molar-refractivity contribution >= 4 is 27.9 Å². The van der Waals surface area contributed by atoms with Crippen molar-refractivity contribution in [3.05, 3.63) is 12.7 Å². The minimum absolute atomic E-state index is 0. The lowest BCUT2D eigenvalue weighted by Gasteiger charge is -2.16. The van der Waals surface area contributed by atoms with Crippen LogP contribution < -0.4 is 35.4 Å². The lowest BCUT2D eigenvalue weighted by molar-refractivity contribution is -0.0290. The topological polar surface area (TPSA) is 145 Å². The van der Waals surface area contributed by atoms with Crippen LogP contribution in [0.2, 0.25) is 0 Å². The van der Waals surface area contributed by atoms with Gasteiger partial charge in [-0.2, -0.15) is 0 Å². The van der Waals surface area contributed by atoms with E-state index in [-0.39, 0.29) is 46.7 Å². The van der Waals surface area contributed by atoms with E-state index in [0.29, 0.717) is 16.9 Å². The van der Waals surface area contributed by atoms with Crippen LogP contribution in [0.1, 0.15) is 19.6 Å². The van der Waals surface area contributed by atoms with E-state index in [2.05, 4.69) is 21.2 Å². The first-order valence-corrected chi connectivity index (χ1v) is 10.1. The molecule has 11 heteroatoms. The molecule has 26 heavy (non-hydrogen) atoms. The Labute approximate surface area is 171 Å². The van der Waals surface area contributed by atoms with Gasteiger partial charge in [-0.15, -0.1) is 0 Å². The Morgan fingerprint density at radius 2 is 2.04 bits per heavy atom. The fourth-order valence-electron chi connectivity index (χ4n) is 2.90. The Kier molecular flexibility index (Phi) is 7.44. The van der Waals surface area contributed by atoms with Crippen molar-refractivity contribution in [3.8, 4) is 0 Å². The summed E-state index contributed by atoms with van der Waals surface area (Å²) in [5.74, 6) is 1.91. The second kappa shape index (κ2) is 8.97. The lowest BCUT2D eigenvalue weighted by atomic mass is 10.1. The number of anilines is 1. The first-order valence-electron chi connectivity index (χ1n) is 8.17. The Morgan fingerprint density at radius 3 is 2.73 bits per heavy atom. The van der Waals surface area contributed by atoms with Crippen LogP contribution in [0.25, 0.3) is 11.2 Å². The molecular formula is C15H25IN6O3S. The van der Waals surface area contributed by atoms with Gasteiger partial charge >= 0.3 is 0 Å². The van der Waals surface area contributed by atoms with Gasteiger partial charge in [0.1, 0.15) is 41.7 Å². The Hall–Kier alpha value is -0.730. The van der Waals surface area contributed by atoms with Crippen molar-refractivity contribution in [2.24, 2.45) is 5.73 Å². The molecule has 9 nitrogen and oxygen atoms in total. The molecule has 0 aliphatic carbocycles. The average molecular weight is 496 g/mol. The van der Waals surface area contributed by atoms with E-state index in [4.69, 9.17) is 16.2 Å². The van der Waals surface area contributed by atoms with Gasteiger partial charge < -0.3 is 50.4 Å². The van der Waals surface area contributed by atoms with Crippen molar-refractivity contribution in [3.63, 3.8) is 0 Å². The number of aliphatic hydroxyl groups is 2. The zero-order valence-electron chi connectivity index (χ0n) is 14.7. The molecule has 3 rings (SSSR count). The summed E-state index contributed by atoms with van der Waals surface area (Å²) in [7, 11) is 0.0448. The van der Waals surface area contributed by atoms with Crippen LogP contribution >= 0.6 is 0 Å². The Bertz CT molecular complexity index is 732. The smallest absolute Gasteiger partial charge is 0.167 e. The lowest BCUT2D eigenvalue weighted by Crippen LogP contribution is -3.00. The molecule has 146 valence electrons. The molecule has 3 heterocycles. The number of aromatic nitrogens is 4. The van der Waals surface area contributed by atoms with Crippen molar-refractivity contribution in [1.82, 2.24) is 19.5 Å². The normalized spacial score (nSPS) is 28.0. The summed E-state index contributed by atoms with van der Waals surface area (Å²) in [6, 6.07) is 0.158. The second-order valence-electron chi connectivity index (χ2n) is 6.55. The molecule has 6 N–H and O–H groups in total. The van der Waals surface area contributed by atoms with Gasteiger partial charge in [-0.25, -0.2) is 15.0 Å². The summed E-state index contributed by atoms with van der Waals surface area (Å²) in [4.78, 5) is 12.2. The second-order valence-corrected chi connectivity index (χ2v) is 8.85. The van der Waals surface area contributed by atoms with Crippen LogP contribution in [-0.4, -0.2) is 71.8 Å². The monoisotopic (exact) mass is 496 g/mol. The molecular weight excluding hydrogens is 471 g/mol. The highest BCUT2D eigenvalue weighted by molar-refractivity contribution is 7.96. The van der Waals surface area contributed by atoms with E-state index < -0.39 is 24.5 Å². The van der Waals surface area contributed by atoms with Gasteiger partial charge in [0, 0.05) is 12.5 Å². The van der Waals surface area contributed by atoms with Gasteiger partial charge in [0.25, 0.3) is 0 Å². The number of halogens is 1. The number of hydrogen-bond donors (Lipinski definition) is 4. The minimum Gasteiger partial charge on any atom is -1.00 e. The molecule has 0 bridgehead atoms. The Morgan fingerprint density at radius 1 is 1.31 bits per heavy atom. The number of imidazole rings is 1. The van der Waals surface area contributed by atoms with Gasteiger partial charge in [-0.05, 0) is 17.8 Å². The van der Waals surface area contributed by atoms with E-state index in [1.807, 2.05) is 6.92 Å². The van der Waals surface area contributed by atoms with Gasteiger partial charge in [0.15, 0.2) is 17.7 Å². The quantitative estimate of drug-likeness (QED) is 0.234. The molecule has 2 aromatic heterocycles. The van der Waals surface area contributed by atoms with Gasteiger partial charge in [-0.1, -0.05) is 0 Å². The molecule has 6 atom stereocenters. The van der Waals surface area contributed by atoms with Crippen LogP contribution in [0.15, 0.2) is 12.7 Å². The van der Waals surface area contributed by atoms with Crippen LogP contribution in [-0.2, 0) is 15.6 Å². The molecule has 0 aromatic carbocycles. The predicted octanol–water partition coefficient (Wildman–Crippen LogP) is -3.98. The number of ether oxygens (including phenoxy) is 1. The summed E-state index contributed by atoms with van der Waals surface area (Å²) in [5, 5.41) is 20.8. The van der Waals surface area contributed by atoms with Crippen molar-refractivity contribution in [1.29, 1.82) is 0 Å². The van der Waals surface area contributed by atoms with E-state index in [1.165, 1.54) is 12.7 Å². The van der Waals surface area contributed by atoms with Crippen LogP contribution in [0, 0.1) is 0 Å². The number of aliphatic hydroxyl groups excluding tert-OH is 2. The maximum atomic E-state index is 10.4. The largest absolute Gasteiger partial charge is 1.00 e. The molecule has 0 radical (unpaired) electrons. The first-order chi connectivity index (χ1) is 11.9. The zero-order valence-corrected chi connectivity index (χ0v) is 17.7. The van der Waals surface area contributed by atoms with Crippen LogP contribution in [0.3, 0.4) is 0 Å². The third kappa shape index (κ3) is 4.39. The van der Waals surface area contributed by atoms with E-state index in [0.717, 1.165) is 12.2 Å². The number of rotatable bonds is 6. The van der Waals surface area contributed by atoms with Crippen molar-refractivity contribution < 1.29 is 38.9 Å². The molecule has 0 amide bonds. The summed E-state index contributed by atoms with van der Waals surface area (Å²) in [5.41, 5.74) is 12.5. The molecule has 1 aliphatic heterocycles. The SMILES string of the molecule is CC(N)CC[S+](C)C[C@H]1O[C@@H](n2cnc3c(N)ncnc32)[C@H](O)[C@@H]1O.[I-]. The number of nitrogens with two attached hydrogens (primary N) is 2. The number of fused-ring (bicyclic) bond motifs is 1. The maximum Gasteiger partial charge on any atom is 0.167 e. The fourth-order valence-corrected chi connectivity index (χ4v) is 4.68. The average Bonchev–Trinajstić information content (AvgIpc) is 3.10. The first kappa shape index (κ1) is 21.6. The number of hydrogen-bond acceptors (Lipinski definition) is 8. The molecule has 1 fully saturated rings. The van der Waals surface area contributed by atoms with Crippen molar-refractivity contribution in [2.45, 2.75) is 43.9 Å². The maximum absolute atomic E-state index is 10.4. The molecule has 2 unspecified atom stereocenters. The summed E-state index contributed by atoms with van der Waals surface area (Å²) < 4.78 is 7.55. The van der Waals surface area contributed by atoms with E-state index in [1.54, 1.807) is 4.57 Å². The van der Waals surface area contributed by atoms with Crippen LogP contribution in [0.4, 0.5) is 5.82 Å².